The lowest BCUT2D eigenvalue weighted by Crippen LogP contribution is -1.98. The molecule has 4 nitrogen and oxygen atoms in total. The van der Waals surface area contributed by atoms with Gasteiger partial charge in [-0.3, -0.25) is 4.98 Å². The number of hydrogen-bond acceptors (Lipinski definition) is 4. The van der Waals surface area contributed by atoms with Crippen LogP contribution >= 0.6 is 0 Å². The van der Waals surface area contributed by atoms with Crippen molar-refractivity contribution in [2.75, 3.05) is 0 Å². The summed E-state index contributed by atoms with van der Waals surface area (Å²) in [5, 5.41) is 2.17. The largest absolute Gasteiger partial charge is 0.455 e. The summed E-state index contributed by atoms with van der Waals surface area (Å²) in [5.41, 5.74) is 8.11. The summed E-state index contributed by atoms with van der Waals surface area (Å²) in [5.74, 6) is 0.644. The lowest BCUT2D eigenvalue weighted by atomic mass is 10.0. The van der Waals surface area contributed by atoms with Gasteiger partial charge in [0.25, 0.3) is 0 Å². The number of furan rings is 1. The minimum absolute atomic E-state index is 0.644. The molecule has 0 fully saturated rings. The Morgan fingerprint density at radius 2 is 1.19 bits per heavy atom. The highest BCUT2D eigenvalue weighted by Gasteiger charge is 2.18. The van der Waals surface area contributed by atoms with Crippen molar-refractivity contribution in [2.24, 2.45) is 0 Å². The smallest absolute Gasteiger partial charge is 0.161 e. The quantitative estimate of drug-likeness (QED) is 0.256. The van der Waals surface area contributed by atoms with Gasteiger partial charge < -0.3 is 4.42 Å². The first kappa shape index (κ1) is 21.2. The monoisotopic (exact) mass is 475 g/mol. The van der Waals surface area contributed by atoms with Crippen molar-refractivity contribution >= 4 is 21.9 Å². The molecule has 0 amide bonds. The number of benzene rings is 4. The number of pyridine rings is 1. The Bertz CT molecular complexity index is 1880. The number of nitrogens with zero attached hydrogens (tertiary/aromatic N) is 3. The van der Waals surface area contributed by atoms with Crippen molar-refractivity contribution < 1.29 is 4.42 Å². The third kappa shape index (κ3) is 3.76. The Kier molecular flexibility index (Phi) is 5.07. The van der Waals surface area contributed by atoms with Crippen LogP contribution in [0.4, 0.5) is 0 Å². The van der Waals surface area contributed by atoms with Gasteiger partial charge in [0.05, 0.1) is 17.1 Å². The zero-order valence-corrected chi connectivity index (χ0v) is 19.9. The molecule has 37 heavy (non-hydrogen) atoms. The van der Waals surface area contributed by atoms with Gasteiger partial charge in [-0.25, -0.2) is 9.97 Å². The van der Waals surface area contributed by atoms with Crippen molar-refractivity contribution in [3.63, 3.8) is 0 Å². The average molecular weight is 476 g/mol. The molecule has 0 aliphatic carbocycles. The van der Waals surface area contributed by atoms with Crippen LogP contribution < -0.4 is 0 Å². The summed E-state index contributed by atoms with van der Waals surface area (Å²) in [6, 6.07) is 40.7. The molecular weight excluding hydrogens is 454 g/mol. The van der Waals surface area contributed by atoms with Crippen LogP contribution in [-0.2, 0) is 0 Å². The highest BCUT2D eigenvalue weighted by Crippen LogP contribution is 2.37. The summed E-state index contributed by atoms with van der Waals surface area (Å²) >= 11 is 0. The van der Waals surface area contributed by atoms with Crippen LogP contribution in [0.1, 0.15) is 0 Å². The van der Waals surface area contributed by atoms with E-state index in [-0.39, 0.29) is 0 Å². The molecule has 3 heterocycles. The van der Waals surface area contributed by atoms with Gasteiger partial charge >= 0.3 is 0 Å². The van der Waals surface area contributed by atoms with E-state index in [4.69, 9.17) is 14.4 Å². The fraction of sp³-hybridized carbons (Fsp3) is 0. The van der Waals surface area contributed by atoms with Crippen LogP contribution in [0.3, 0.4) is 0 Å². The predicted molar refractivity (Wildman–Crippen MR) is 149 cm³/mol. The number of rotatable bonds is 4. The van der Waals surface area contributed by atoms with Crippen molar-refractivity contribution in [3.8, 4) is 45.2 Å². The van der Waals surface area contributed by atoms with E-state index >= 15 is 0 Å². The Balaban J connectivity index is 1.50. The summed E-state index contributed by atoms with van der Waals surface area (Å²) in [4.78, 5) is 14.7. The van der Waals surface area contributed by atoms with E-state index in [1.165, 1.54) is 0 Å². The first-order valence-corrected chi connectivity index (χ1v) is 12.2. The second-order valence-electron chi connectivity index (χ2n) is 8.87. The Morgan fingerprint density at radius 3 is 2.05 bits per heavy atom. The van der Waals surface area contributed by atoms with Crippen LogP contribution in [0.5, 0.6) is 0 Å². The van der Waals surface area contributed by atoms with Crippen LogP contribution in [0.25, 0.3) is 67.1 Å². The van der Waals surface area contributed by atoms with Crippen molar-refractivity contribution in [1.82, 2.24) is 15.0 Å². The third-order valence-electron chi connectivity index (χ3n) is 6.58. The van der Waals surface area contributed by atoms with E-state index < -0.39 is 0 Å². The molecule has 4 aromatic carbocycles. The SMILES string of the molecule is c1ccc(-c2cc(-c3cccc4c3oc3ccccc34)nc(-c3ccccc3-c3ccccn3)n2)cc1. The maximum Gasteiger partial charge on any atom is 0.161 e. The van der Waals surface area contributed by atoms with Gasteiger partial charge in [0.2, 0.25) is 0 Å². The molecule has 0 unspecified atom stereocenters. The highest BCUT2D eigenvalue weighted by molar-refractivity contribution is 6.09. The number of para-hydroxylation sites is 2. The third-order valence-corrected chi connectivity index (χ3v) is 6.58. The molecular formula is C33H21N3O. The molecule has 0 aliphatic heterocycles. The average Bonchev–Trinajstić information content (AvgIpc) is 3.37. The van der Waals surface area contributed by atoms with E-state index in [1.807, 2.05) is 72.8 Å². The second-order valence-corrected chi connectivity index (χ2v) is 8.87. The first-order chi connectivity index (χ1) is 18.3. The summed E-state index contributed by atoms with van der Waals surface area (Å²) < 4.78 is 6.35. The normalized spacial score (nSPS) is 11.2. The minimum atomic E-state index is 0.644. The first-order valence-electron chi connectivity index (χ1n) is 12.2. The molecule has 7 aromatic rings. The second kappa shape index (κ2) is 8.85. The van der Waals surface area contributed by atoms with Gasteiger partial charge in [-0.2, -0.15) is 0 Å². The summed E-state index contributed by atoms with van der Waals surface area (Å²) in [6.45, 7) is 0. The zero-order valence-electron chi connectivity index (χ0n) is 19.9. The van der Waals surface area contributed by atoms with Gasteiger partial charge in [0.1, 0.15) is 11.2 Å². The molecule has 7 rings (SSSR count). The van der Waals surface area contributed by atoms with Gasteiger partial charge in [-0.15, -0.1) is 0 Å². The number of fused-ring (bicyclic) bond motifs is 3. The van der Waals surface area contributed by atoms with Gasteiger partial charge in [-0.05, 0) is 30.3 Å². The molecule has 0 aliphatic rings. The number of hydrogen-bond donors (Lipinski definition) is 0. The lowest BCUT2D eigenvalue weighted by molar-refractivity contribution is 0.670. The fourth-order valence-electron chi connectivity index (χ4n) is 4.83. The van der Waals surface area contributed by atoms with Gasteiger partial charge in [-0.1, -0.05) is 91.0 Å². The Hall–Kier alpha value is -5.09. The van der Waals surface area contributed by atoms with E-state index in [9.17, 15) is 0 Å². The van der Waals surface area contributed by atoms with Crippen LogP contribution in [0.15, 0.2) is 132 Å². The molecule has 0 spiro atoms. The molecule has 3 aromatic heterocycles. The molecule has 0 bridgehead atoms. The zero-order chi connectivity index (χ0) is 24.6. The maximum absolute atomic E-state index is 6.35. The highest BCUT2D eigenvalue weighted by atomic mass is 16.3. The van der Waals surface area contributed by atoms with Crippen LogP contribution in [0, 0.1) is 0 Å². The van der Waals surface area contributed by atoms with Gasteiger partial charge in [0, 0.05) is 39.2 Å². The van der Waals surface area contributed by atoms with Gasteiger partial charge in [0.15, 0.2) is 5.82 Å². The van der Waals surface area contributed by atoms with E-state index in [2.05, 4.69) is 53.5 Å². The fourth-order valence-corrected chi connectivity index (χ4v) is 4.83. The topological polar surface area (TPSA) is 51.8 Å². The Labute approximate surface area is 213 Å². The van der Waals surface area contributed by atoms with Crippen molar-refractivity contribution in [2.45, 2.75) is 0 Å². The maximum atomic E-state index is 6.35. The molecule has 0 saturated carbocycles. The van der Waals surface area contributed by atoms with Crippen LogP contribution in [0.2, 0.25) is 0 Å². The van der Waals surface area contributed by atoms with E-state index in [0.717, 1.165) is 61.3 Å². The van der Waals surface area contributed by atoms with Crippen molar-refractivity contribution in [3.05, 3.63) is 128 Å². The van der Waals surface area contributed by atoms with E-state index in [0.29, 0.717) is 5.82 Å². The molecule has 174 valence electrons. The van der Waals surface area contributed by atoms with E-state index in [1.54, 1.807) is 6.20 Å². The summed E-state index contributed by atoms with van der Waals surface area (Å²) in [6.07, 6.45) is 1.81. The molecule has 4 heteroatoms. The molecule has 0 radical (unpaired) electrons. The molecule has 0 N–H and O–H groups in total. The standard InChI is InChI=1S/C33H21N3O/c1-2-11-22(12-3-1)29-21-30(27-17-10-16-25-24-14-6-7-19-31(24)37-32(25)27)36-33(35-29)26-15-5-4-13-23(26)28-18-8-9-20-34-28/h1-21H. The number of aromatic nitrogens is 3. The lowest BCUT2D eigenvalue weighted by Gasteiger charge is -2.12. The predicted octanol–water partition coefficient (Wildman–Crippen LogP) is 8.44. The Morgan fingerprint density at radius 1 is 0.486 bits per heavy atom. The van der Waals surface area contributed by atoms with Crippen molar-refractivity contribution in [1.29, 1.82) is 0 Å². The summed E-state index contributed by atoms with van der Waals surface area (Å²) in [7, 11) is 0. The molecule has 0 saturated heterocycles. The molecule has 0 atom stereocenters. The van der Waals surface area contributed by atoms with Crippen LogP contribution in [-0.4, -0.2) is 15.0 Å². The minimum Gasteiger partial charge on any atom is -0.455 e.